The van der Waals surface area contributed by atoms with E-state index >= 15 is 0 Å². The third kappa shape index (κ3) is 7.47. The van der Waals surface area contributed by atoms with Crippen LogP contribution in [0.4, 0.5) is 16.4 Å². The zero-order valence-corrected chi connectivity index (χ0v) is 23.6. The molecule has 0 radical (unpaired) electrons. The fraction of sp³-hybridized carbons (Fsp3) is 0.464. The Morgan fingerprint density at radius 3 is 2.59 bits per heavy atom. The van der Waals surface area contributed by atoms with Crippen LogP contribution in [0, 0.1) is 0 Å². The van der Waals surface area contributed by atoms with E-state index < -0.39 is 5.60 Å². The number of hydrogen-bond donors (Lipinski definition) is 2. The number of amides is 2. The predicted molar refractivity (Wildman–Crippen MR) is 150 cm³/mol. The number of primary amides is 1. The monoisotopic (exact) mass is 553 g/mol. The molecular formula is C28H36ClN7O3. The van der Waals surface area contributed by atoms with Crippen molar-refractivity contribution in [1.29, 1.82) is 0 Å². The first-order valence-corrected chi connectivity index (χ1v) is 13.6. The zero-order valence-electron chi connectivity index (χ0n) is 22.9. The van der Waals surface area contributed by atoms with E-state index in [0.29, 0.717) is 42.6 Å². The Balaban J connectivity index is 1.36. The molecule has 2 aromatic heterocycles. The van der Waals surface area contributed by atoms with Gasteiger partial charge in [-0.15, -0.1) is 0 Å². The summed E-state index contributed by atoms with van der Waals surface area (Å²) in [5, 5.41) is 8.22. The third-order valence-electron chi connectivity index (χ3n) is 6.74. The summed E-state index contributed by atoms with van der Waals surface area (Å²) in [6.45, 7) is 8.66. The van der Waals surface area contributed by atoms with Crippen LogP contribution in [-0.2, 0) is 22.4 Å². The second-order valence-corrected chi connectivity index (χ2v) is 11.3. The number of nitrogens with one attached hydrogen (secondary N) is 1. The maximum absolute atomic E-state index is 12.3. The first kappa shape index (κ1) is 28.4. The molecule has 1 aliphatic heterocycles. The van der Waals surface area contributed by atoms with Crippen LogP contribution in [0.5, 0.6) is 0 Å². The molecule has 0 saturated carbocycles. The fourth-order valence-corrected chi connectivity index (χ4v) is 4.78. The van der Waals surface area contributed by atoms with Crippen LogP contribution in [0.1, 0.15) is 69.3 Å². The van der Waals surface area contributed by atoms with Gasteiger partial charge in [-0.3, -0.25) is 9.48 Å². The van der Waals surface area contributed by atoms with Crippen molar-refractivity contribution in [3.05, 3.63) is 64.7 Å². The quantitative estimate of drug-likeness (QED) is 0.401. The summed E-state index contributed by atoms with van der Waals surface area (Å²) in [6, 6.07) is 7.96. The molecule has 3 N–H and O–H groups in total. The van der Waals surface area contributed by atoms with Crippen LogP contribution in [0.25, 0.3) is 0 Å². The summed E-state index contributed by atoms with van der Waals surface area (Å²) in [5.74, 6) is -0.309. The molecule has 208 valence electrons. The molecule has 39 heavy (non-hydrogen) atoms. The van der Waals surface area contributed by atoms with Gasteiger partial charge in [0.05, 0.1) is 40.8 Å². The van der Waals surface area contributed by atoms with Crippen LogP contribution < -0.4 is 11.1 Å². The minimum absolute atomic E-state index is 0.184. The van der Waals surface area contributed by atoms with Gasteiger partial charge in [-0.2, -0.15) is 5.10 Å². The van der Waals surface area contributed by atoms with E-state index in [4.69, 9.17) is 22.1 Å². The number of carbonyl (C=O) groups is 2. The Hall–Kier alpha value is -3.66. The number of hydrogen-bond acceptors (Lipinski definition) is 7. The van der Waals surface area contributed by atoms with E-state index in [1.165, 1.54) is 0 Å². The van der Waals surface area contributed by atoms with Crippen molar-refractivity contribution >= 4 is 35.2 Å². The Morgan fingerprint density at radius 1 is 1.18 bits per heavy atom. The SMILES string of the molecule is CC(C(N)=O)c1ccccc1CCc1nc(Nc2cnn(C3CCN(C(=O)OC(C)(C)C)CC3)c2)ncc1Cl. The highest BCUT2D eigenvalue weighted by Crippen LogP contribution is 2.26. The van der Waals surface area contributed by atoms with Gasteiger partial charge < -0.3 is 20.7 Å². The van der Waals surface area contributed by atoms with E-state index in [1.807, 2.05) is 62.8 Å². The lowest BCUT2D eigenvalue weighted by atomic mass is 9.92. The summed E-state index contributed by atoms with van der Waals surface area (Å²) in [5.41, 5.74) is 8.44. The molecule has 3 heterocycles. The van der Waals surface area contributed by atoms with Crippen molar-refractivity contribution in [2.45, 2.75) is 70.9 Å². The van der Waals surface area contributed by atoms with E-state index in [-0.39, 0.29) is 24.0 Å². The van der Waals surface area contributed by atoms with Gasteiger partial charge in [-0.1, -0.05) is 35.9 Å². The molecule has 1 atom stereocenters. The summed E-state index contributed by atoms with van der Waals surface area (Å²) in [4.78, 5) is 34.8. The van der Waals surface area contributed by atoms with Gasteiger partial charge in [-0.25, -0.2) is 14.8 Å². The number of nitrogens with zero attached hydrogens (tertiary/aromatic N) is 5. The number of ether oxygens (including phenoxy) is 1. The molecule has 2 amide bonds. The van der Waals surface area contributed by atoms with E-state index in [2.05, 4.69) is 20.4 Å². The molecule has 0 bridgehead atoms. The number of rotatable bonds is 8. The van der Waals surface area contributed by atoms with Crippen LogP contribution in [-0.4, -0.2) is 55.3 Å². The van der Waals surface area contributed by atoms with E-state index in [0.717, 1.165) is 29.7 Å². The smallest absolute Gasteiger partial charge is 0.410 e. The van der Waals surface area contributed by atoms with Crippen molar-refractivity contribution in [2.24, 2.45) is 5.73 Å². The third-order valence-corrected chi connectivity index (χ3v) is 7.06. The maximum atomic E-state index is 12.3. The molecule has 1 aliphatic rings. The average molecular weight is 554 g/mol. The van der Waals surface area contributed by atoms with Crippen LogP contribution in [0.2, 0.25) is 5.02 Å². The lowest BCUT2D eigenvalue weighted by molar-refractivity contribution is -0.119. The molecule has 1 unspecified atom stereocenters. The minimum Gasteiger partial charge on any atom is -0.444 e. The first-order chi connectivity index (χ1) is 18.5. The number of halogens is 1. The molecule has 11 heteroatoms. The van der Waals surface area contributed by atoms with E-state index in [1.54, 1.807) is 17.3 Å². The highest BCUT2D eigenvalue weighted by Gasteiger charge is 2.28. The highest BCUT2D eigenvalue weighted by molar-refractivity contribution is 6.31. The number of carbonyl (C=O) groups excluding carboxylic acids is 2. The van der Waals surface area contributed by atoms with Gasteiger partial charge in [0.15, 0.2) is 0 Å². The number of likely N-dealkylation sites (tertiary alicyclic amines) is 1. The van der Waals surface area contributed by atoms with Gasteiger partial charge in [0.2, 0.25) is 11.9 Å². The molecule has 0 aliphatic carbocycles. The minimum atomic E-state index is -0.506. The standard InChI is InChI=1S/C28H36ClN7O3/c1-18(25(30)37)22-8-6-5-7-19(22)9-10-24-23(29)16-31-26(34-24)33-20-15-32-36(17-20)21-11-13-35(14-12-21)27(38)39-28(2,3)4/h5-8,15-18,21H,9-14H2,1-4H3,(H2,30,37)(H,31,33,34). The Morgan fingerprint density at radius 2 is 1.90 bits per heavy atom. The molecule has 10 nitrogen and oxygen atoms in total. The number of benzene rings is 1. The lowest BCUT2D eigenvalue weighted by Gasteiger charge is -2.33. The van der Waals surface area contributed by atoms with E-state index in [9.17, 15) is 9.59 Å². The topological polar surface area (TPSA) is 128 Å². The van der Waals surface area contributed by atoms with Crippen LogP contribution >= 0.6 is 11.6 Å². The van der Waals surface area contributed by atoms with Crippen molar-refractivity contribution in [2.75, 3.05) is 18.4 Å². The fourth-order valence-electron chi connectivity index (χ4n) is 4.60. The molecular weight excluding hydrogens is 518 g/mol. The highest BCUT2D eigenvalue weighted by atomic mass is 35.5. The molecule has 4 rings (SSSR count). The zero-order chi connectivity index (χ0) is 28.2. The average Bonchev–Trinajstić information content (AvgIpc) is 3.36. The van der Waals surface area contributed by atoms with Crippen LogP contribution in [0.15, 0.2) is 42.9 Å². The molecule has 1 saturated heterocycles. The first-order valence-electron chi connectivity index (χ1n) is 13.2. The summed E-state index contributed by atoms with van der Waals surface area (Å²) in [6.07, 6.45) is 7.78. The van der Waals surface area contributed by atoms with Gasteiger partial charge >= 0.3 is 6.09 Å². The molecule has 1 aromatic carbocycles. The molecule has 3 aromatic rings. The Labute approximate surface area is 233 Å². The number of aryl methyl sites for hydroxylation is 2. The van der Waals surface area contributed by atoms with Gasteiger partial charge in [0.25, 0.3) is 0 Å². The summed E-state index contributed by atoms with van der Waals surface area (Å²) >= 11 is 6.41. The number of piperidine rings is 1. The normalized spacial score (nSPS) is 15.2. The second-order valence-electron chi connectivity index (χ2n) is 10.8. The van der Waals surface area contributed by atoms with Gasteiger partial charge in [-0.05, 0) is 64.5 Å². The largest absolute Gasteiger partial charge is 0.444 e. The second kappa shape index (κ2) is 12.0. The number of nitrogens with two attached hydrogens (primary N) is 1. The number of aromatic nitrogens is 4. The molecule has 0 spiro atoms. The lowest BCUT2D eigenvalue weighted by Crippen LogP contribution is -2.42. The van der Waals surface area contributed by atoms with Gasteiger partial charge in [0.1, 0.15) is 5.60 Å². The molecule has 1 fully saturated rings. The van der Waals surface area contributed by atoms with Crippen molar-refractivity contribution in [3.8, 4) is 0 Å². The maximum Gasteiger partial charge on any atom is 0.410 e. The van der Waals surface area contributed by atoms with Crippen molar-refractivity contribution < 1.29 is 14.3 Å². The van der Waals surface area contributed by atoms with Crippen LogP contribution in [0.3, 0.4) is 0 Å². The predicted octanol–water partition coefficient (Wildman–Crippen LogP) is 5.02. The summed E-state index contributed by atoms with van der Waals surface area (Å²) in [7, 11) is 0. The summed E-state index contributed by atoms with van der Waals surface area (Å²) < 4.78 is 7.41. The van der Waals surface area contributed by atoms with Crippen molar-refractivity contribution in [1.82, 2.24) is 24.6 Å². The Kier molecular flexibility index (Phi) is 8.74. The number of anilines is 2. The Bertz CT molecular complexity index is 1310. The van der Waals surface area contributed by atoms with Gasteiger partial charge in [0, 0.05) is 19.3 Å². The van der Waals surface area contributed by atoms with Crippen molar-refractivity contribution in [3.63, 3.8) is 0 Å².